The number of hydrogen-bond acceptors (Lipinski definition) is 6. The molecule has 0 aliphatic rings. The number of aryl methyl sites for hydroxylation is 1. The highest BCUT2D eigenvalue weighted by Gasteiger charge is 2.20. The minimum Gasteiger partial charge on any atom is -0.389 e. The van der Waals surface area contributed by atoms with Crippen molar-refractivity contribution < 1.29 is 15.1 Å². The summed E-state index contributed by atoms with van der Waals surface area (Å²) in [5, 5.41) is 29.4. The van der Waals surface area contributed by atoms with E-state index in [0.29, 0.717) is 5.56 Å². The quantitative estimate of drug-likeness (QED) is 0.477. The van der Waals surface area contributed by atoms with Crippen molar-refractivity contribution in [3.8, 4) is 0 Å². The summed E-state index contributed by atoms with van der Waals surface area (Å²) >= 11 is 0. The highest BCUT2D eigenvalue weighted by molar-refractivity contribution is 5.38. The third-order valence-electron chi connectivity index (χ3n) is 2.21. The zero-order valence-corrected chi connectivity index (χ0v) is 8.70. The Labute approximate surface area is 91.7 Å². The topological polar surface area (TPSA) is 123 Å². The summed E-state index contributed by atoms with van der Waals surface area (Å²) in [5.74, 6) is 0. The number of rotatable bonds is 4. The predicted molar refractivity (Wildman–Crippen MR) is 55.6 cm³/mol. The van der Waals surface area contributed by atoms with Crippen molar-refractivity contribution in [1.29, 1.82) is 0 Å². The van der Waals surface area contributed by atoms with E-state index in [0.717, 1.165) is 6.20 Å². The van der Waals surface area contributed by atoms with Crippen molar-refractivity contribution in [3.63, 3.8) is 0 Å². The number of nitrogens with two attached hydrogens (primary N) is 1. The fourth-order valence-corrected chi connectivity index (χ4v) is 1.25. The highest BCUT2D eigenvalue weighted by atomic mass is 16.6. The average Bonchev–Trinajstić information content (AvgIpc) is 2.26. The van der Waals surface area contributed by atoms with Gasteiger partial charge in [0.25, 0.3) is 5.69 Å². The molecule has 0 fully saturated rings. The van der Waals surface area contributed by atoms with Crippen molar-refractivity contribution in [2.75, 3.05) is 6.54 Å². The second kappa shape index (κ2) is 4.97. The van der Waals surface area contributed by atoms with E-state index < -0.39 is 17.1 Å². The van der Waals surface area contributed by atoms with Crippen LogP contribution in [0.25, 0.3) is 0 Å². The lowest BCUT2D eigenvalue weighted by Gasteiger charge is -2.15. The van der Waals surface area contributed by atoms with Crippen LogP contribution in [0.2, 0.25) is 0 Å². The summed E-state index contributed by atoms with van der Waals surface area (Å²) in [5.41, 5.74) is 5.59. The lowest BCUT2D eigenvalue weighted by atomic mass is 10.1. The van der Waals surface area contributed by atoms with Crippen LogP contribution < -0.4 is 5.73 Å². The molecule has 0 amide bonds. The number of aliphatic hydroxyl groups is 2. The Bertz CT molecular complexity index is 396. The molecule has 0 radical (unpaired) electrons. The third kappa shape index (κ3) is 2.51. The van der Waals surface area contributed by atoms with Crippen LogP contribution in [0, 0.1) is 17.0 Å². The van der Waals surface area contributed by atoms with Crippen LogP contribution in [0.3, 0.4) is 0 Å². The Balaban J connectivity index is 3.01. The van der Waals surface area contributed by atoms with Gasteiger partial charge in [0, 0.05) is 12.1 Å². The predicted octanol–water partition coefficient (Wildman–Crippen LogP) is -0.349. The minimum absolute atomic E-state index is 0.112. The molecule has 0 aliphatic heterocycles. The van der Waals surface area contributed by atoms with E-state index in [4.69, 9.17) is 5.73 Å². The number of aliphatic hydroxyl groups excluding tert-OH is 2. The summed E-state index contributed by atoms with van der Waals surface area (Å²) in [7, 11) is 0. The van der Waals surface area contributed by atoms with Crippen molar-refractivity contribution in [1.82, 2.24) is 4.98 Å². The Kier molecular flexibility index (Phi) is 3.88. The SMILES string of the molecule is Cc1cc(C(O)C(O)CN)ncc1[N+](=O)[O-]. The van der Waals surface area contributed by atoms with Crippen molar-refractivity contribution >= 4 is 5.69 Å². The van der Waals surface area contributed by atoms with Gasteiger partial charge in [-0.2, -0.15) is 0 Å². The van der Waals surface area contributed by atoms with Gasteiger partial charge in [0.2, 0.25) is 0 Å². The van der Waals surface area contributed by atoms with E-state index in [2.05, 4.69) is 4.98 Å². The monoisotopic (exact) mass is 227 g/mol. The van der Waals surface area contributed by atoms with Crippen LogP contribution >= 0.6 is 0 Å². The Morgan fingerprint density at radius 2 is 2.25 bits per heavy atom. The van der Waals surface area contributed by atoms with E-state index in [9.17, 15) is 20.3 Å². The first-order chi connectivity index (χ1) is 7.47. The normalized spacial score (nSPS) is 14.5. The maximum atomic E-state index is 10.5. The maximum absolute atomic E-state index is 10.5. The van der Waals surface area contributed by atoms with E-state index in [1.807, 2.05) is 0 Å². The van der Waals surface area contributed by atoms with Gasteiger partial charge >= 0.3 is 0 Å². The molecular formula is C9H13N3O4. The molecule has 4 N–H and O–H groups in total. The van der Waals surface area contributed by atoms with Crippen molar-refractivity contribution in [2.24, 2.45) is 5.73 Å². The van der Waals surface area contributed by atoms with Crippen LogP contribution in [0.15, 0.2) is 12.3 Å². The second-order valence-corrected chi connectivity index (χ2v) is 3.40. The van der Waals surface area contributed by atoms with Gasteiger partial charge in [-0.1, -0.05) is 0 Å². The average molecular weight is 227 g/mol. The van der Waals surface area contributed by atoms with Gasteiger partial charge in [0.1, 0.15) is 12.3 Å². The van der Waals surface area contributed by atoms with Gasteiger partial charge in [-0.15, -0.1) is 0 Å². The second-order valence-electron chi connectivity index (χ2n) is 3.40. The zero-order valence-electron chi connectivity index (χ0n) is 8.70. The highest BCUT2D eigenvalue weighted by Crippen LogP contribution is 2.21. The van der Waals surface area contributed by atoms with Gasteiger partial charge in [-0.3, -0.25) is 15.1 Å². The van der Waals surface area contributed by atoms with Gasteiger partial charge in [-0.25, -0.2) is 0 Å². The molecule has 0 saturated carbocycles. The largest absolute Gasteiger partial charge is 0.389 e. The molecule has 2 unspecified atom stereocenters. The Morgan fingerprint density at radius 3 is 2.69 bits per heavy atom. The minimum atomic E-state index is -1.23. The molecule has 1 aromatic heterocycles. The smallest absolute Gasteiger partial charge is 0.290 e. The fourth-order valence-electron chi connectivity index (χ4n) is 1.25. The summed E-state index contributed by atoms with van der Waals surface area (Å²) in [6.45, 7) is 1.42. The van der Waals surface area contributed by atoms with Gasteiger partial charge in [-0.05, 0) is 13.0 Å². The summed E-state index contributed by atoms with van der Waals surface area (Å²) in [4.78, 5) is 13.7. The van der Waals surface area contributed by atoms with Gasteiger partial charge in [0.05, 0.1) is 16.7 Å². The van der Waals surface area contributed by atoms with Crippen LogP contribution in [0.5, 0.6) is 0 Å². The summed E-state index contributed by atoms with van der Waals surface area (Å²) in [6, 6.07) is 1.36. The molecule has 0 aromatic carbocycles. The van der Waals surface area contributed by atoms with E-state index in [-0.39, 0.29) is 17.9 Å². The summed E-state index contributed by atoms with van der Waals surface area (Å²) in [6.07, 6.45) is -1.31. The Hall–Kier alpha value is -1.57. The molecule has 7 heteroatoms. The zero-order chi connectivity index (χ0) is 12.3. The third-order valence-corrected chi connectivity index (χ3v) is 2.21. The molecule has 0 bridgehead atoms. The lowest BCUT2D eigenvalue weighted by Crippen LogP contribution is -2.27. The number of nitrogens with zero attached hydrogens (tertiary/aromatic N) is 2. The first kappa shape index (κ1) is 12.5. The fraction of sp³-hybridized carbons (Fsp3) is 0.444. The first-order valence-corrected chi connectivity index (χ1v) is 4.64. The van der Waals surface area contributed by atoms with Crippen LogP contribution in [0.4, 0.5) is 5.69 Å². The molecule has 0 saturated heterocycles. The molecule has 7 nitrogen and oxygen atoms in total. The van der Waals surface area contributed by atoms with E-state index >= 15 is 0 Å². The van der Waals surface area contributed by atoms with E-state index in [1.165, 1.54) is 13.0 Å². The number of aromatic nitrogens is 1. The van der Waals surface area contributed by atoms with E-state index in [1.54, 1.807) is 0 Å². The molecule has 1 rings (SSSR count). The van der Waals surface area contributed by atoms with Gasteiger partial charge in [0.15, 0.2) is 0 Å². The molecule has 88 valence electrons. The summed E-state index contributed by atoms with van der Waals surface area (Å²) < 4.78 is 0. The molecule has 0 spiro atoms. The van der Waals surface area contributed by atoms with Crippen LogP contribution in [-0.4, -0.2) is 32.8 Å². The van der Waals surface area contributed by atoms with Crippen LogP contribution in [-0.2, 0) is 0 Å². The molecular weight excluding hydrogens is 214 g/mol. The molecule has 1 heterocycles. The molecule has 16 heavy (non-hydrogen) atoms. The van der Waals surface area contributed by atoms with Crippen molar-refractivity contribution in [3.05, 3.63) is 33.6 Å². The molecule has 0 aliphatic carbocycles. The van der Waals surface area contributed by atoms with Crippen LogP contribution in [0.1, 0.15) is 17.4 Å². The lowest BCUT2D eigenvalue weighted by molar-refractivity contribution is -0.385. The maximum Gasteiger partial charge on any atom is 0.290 e. The number of pyridine rings is 1. The standard InChI is InChI=1S/C9H13N3O4/c1-5-2-6(9(14)8(13)3-10)11-4-7(5)12(15)16/h2,4,8-9,13-14H,3,10H2,1H3. The van der Waals surface area contributed by atoms with Gasteiger partial charge < -0.3 is 15.9 Å². The number of nitro groups is 1. The first-order valence-electron chi connectivity index (χ1n) is 4.64. The molecule has 2 atom stereocenters. The molecule has 1 aromatic rings. The van der Waals surface area contributed by atoms with Crippen molar-refractivity contribution in [2.45, 2.75) is 19.1 Å². The Morgan fingerprint density at radius 1 is 1.62 bits per heavy atom. The number of hydrogen-bond donors (Lipinski definition) is 3.